The van der Waals surface area contributed by atoms with E-state index < -0.39 is 27.5 Å². The van der Waals surface area contributed by atoms with Crippen LogP contribution < -0.4 is 10.0 Å². The summed E-state index contributed by atoms with van der Waals surface area (Å²) in [7, 11) is -3.52. The number of ketones is 1. The standard InChI is InChI=1S/C15H13BrFN3O3S/c1-24(22,23)20-9-2-3-13(17)11(5-9)14(21)12-7-19-15-10(12)4-8(16)6-18-15/h2-6,12,20H,7H2,1H3,(H,18,19). The molecule has 2 N–H and O–H groups in total. The highest BCUT2D eigenvalue weighted by molar-refractivity contribution is 9.10. The highest BCUT2D eigenvalue weighted by Gasteiger charge is 2.32. The number of carbonyl (C=O) groups excluding carboxylic acids is 1. The van der Waals surface area contributed by atoms with Crippen LogP contribution in [0.3, 0.4) is 0 Å². The van der Waals surface area contributed by atoms with Crippen molar-refractivity contribution < 1.29 is 17.6 Å². The summed E-state index contributed by atoms with van der Waals surface area (Å²) in [6.45, 7) is 0.306. The average molecular weight is 414 g/mol. The lowest BCUT2D eigenvalue weighted by molar-refractivity contribution is 0.0962. The molecule has 9 heteroatoms. The van der Waals surface area contributed by atoms with E-state index in [-0.39, 0.29) is 11.3 Å². The maximum atomic E-state index is 14.1. The SMILES string of the molecule is CS(=O)(=O)Nc1ccc(F)c(C(=O)C2CNc3ncc(Br)cc32)c1. The molecule has 1 atom stereocenters. The summed E-state index contributed by atoms with van der Waals surface area (Å²) >= 11 is 3.30. The maximum Gasteiger partial charge on any atom is 0.229 e. The Balaban J connectivity index is 1.97. The number of pyridine rings is 1. The molecule has 126 valence electrons. The molecule has 1 unspecified atom stereocenters. The Morgan fingerprint density at radius 2 is 2.17 bits per heavy atom. The van der Waals surface area contributed by atoms with Crippen molar-refractivity contribution in [3.05, 3.63) is 51.9 Å². The Morgan fingerprint density at radius 3 is 2.88 bits per heavy atom. The molecule has 6 nitrogen and oxygen atoms in total. The van der Waals surface area contributed by atoms with E-state index in [1.54, 1.807) is 12.3 Å². The van der Waals surface area contributed by atoms with Crippen LogP contribution >= 0.6 is 15.9 Å². The lowest BCUT2D eigenvalue weighted by Crippen LogP contribution is -2.17. The van der Waals surface area contributed by atoms with Crippen LogP contribution in [-0.2, 0) is 10.0 Å². The van der Waals surface area contributed by atoms with Gasteiger partial charge in [-0.3, -0.25) is 9.52 Å². The molecule has 1 aromatic carbocycles. The molecular formula is C15H13BrFN3O3S. The molecule has 1 aliphatic rings. The molecule has 1 aliphatic heterocycles. The van der Waals surface area contributed by atoms with Crippen LogP contribution in [0.5, 0.6) is 0 Å². The Morgan fingerprint density at radius 1 is 1.42 bits per heavy atom. The van der Waals surface area contributed by atoms with E-state index in [4.69, 9.17) is 0 Å². The number of sulfonamides is 1. The van der Waals surface area contributed by atoms with Gasteiger partial charge in [0.1, 0.15) is 11.6 Å². The molecule has 0 bridgehead atoms. The number of Topliss-reactive ketones (excluding diaryl/α,β-unsaturated/α-hetero) is 1. The molecule has 0 amide bonds. The summed E-state index contributed by atoms with van der Waals surface area (Å²) in [4.78, 5) is 16.9. The number of fused-ring (bicyclic) bond motifs is 1. The number of hydrogen-bond acceptors (Lipinski definition) is 5. The van der Waals surface area contributed by atoms with Crippen molar-refractivity contribution in [1.82, 2.24) is 4.98 Å². The van der Waals surface area contributed by atoms with Crippen molar-refractivity contribution in [2.45, 2.75) is 5.92 Å². The Bertz CT molecular complexity index is 934. The van der Waals surface area contributed by atoms with E-state index in [2.05, 4.69) is 31.0 Å². The third-order valence-corrected chi connectivity index (χ3v) is 4.62. The fourth-order valence-corrected chi connectivity index (χ4v) is 3.49. The fraction of sp³-hybridized carbons (Fsp3) is 0.200. The molecule has 0 saturated heterocycles. The van der Waals surface area contributed by atoms with Crippen LogP contribution in [0.2, 0.25) is 0 Å². The zero-order valence-electron chi connectivity index (χ0n) is 12.5. The molecule has 24 heavy (non-hydrogen) atoms. The second-order valence-corrected chi connectivity index (χ2v) is 8.12. The summed E-state index contributed by atoms with van der Waals surface area (Å²) in [6, 6.07) is 5.32. The first kappa shape index (κ1) is 16.8. The van der Waals surface area contributed by atoms with Crippen LogP contribution in [0.25, 0.3) is 0 Å². The van der Waals surface area contributed by atoms with E-state index >= 15 is 0 Å². The Kier molecular flexibility index (Phi) is 4.31. The molecule has 2 aromatic rings. The minimum atomic E-state index is -3.52. The van der Waals surface area contributed by atoms with E-state index in [0.29, 0.717) is 17.9 Å². The van der Waals surface area contributed by atoms with Crippen LogP contribution in [0, 0.1) is 5.82 Å². The predicted molar refractivity (Wildman–Crippen MR) is 92.4 cm³/mol. The van der Waals surface area contributed by atoms with Crippen molar-refractivity contribution in [2.75, 3.05) is 22.8 Å². The smallest absolute Gasteiger partial charge is 0.229 e. The number of aromatic nitrogens is 1. The fourth-order valence-electron chi connectivity index (χ4n) is 2.59. The topological polar surface area (TPSA) is 88.2 Å². The lowest BCUT2D eigenvalue weighted by atomic mass is 9.93. The van der Waals surface area contributed by atoms with Crippen LogP contribution in [0.4, 0.5) is 15.9 Å². The van der Waals surface area contributed by atoms with Gasteiger partial charge in [0, 0.05) is 28.5 Å². The molecule has 0 spiro atoms. The maximum absolute atomic E-state index is 14.1. The number of rotatable bonds is 4. The van der Waals surface area contributed by atoms with Gasteiger partial charge in [0.2, 0.25) is 10.0 Å². The highest BCUT2D eigenvalue weighted by Crippen LogP contribution is 2.34. The molecule has 2 heterocycles. The minimum Gasteiger partial charge on any atom is -0.369 e. The summed E-state index contributed by atoms with van der Waals surface area (Å²) < 4.78 is 39.7. The third kappa shape index (κ3) is 3.41. The minimum absolute atomic E-state index is 0.140. The second kappa shape index (κ2) is 6.14. The summed E-state index contributed by atoms with van der Waals surface area (Å²) in [5.74, 6) is -1.14. The molecule has 0 saturated carbocycles. The zero-order chi connectivity index (χ0) is 17.5. The van der Waals surface area contributed by atoms with Crippen LogP contribution in [-0.4, -0.2) is 32.0 Å². The van der Waals surface area contributed by atoms with Gasteiger partial charge >= 0.3 is 0 Å². The predicted octanol–water partition coefficient (Wildman–Crippen LogP) is 2.75. The number of nitrogens with one attached hydrogen (secondary N) is 2. The molecule has 0 radical (unpaired) electrons. The van der Waals surface area contributed by atoms with E-state index in [1.807, 2.05) is 0 Å². The van der Waals surface area contributed by atoms with Crippen molar-refractivity contribution in [1.29, 1.82) is 0 Å². The van der Waals surface area contributed by atoms with Crippen molar-refractivity contribution in [3.63, 3.8) is 0 Å². The quantitative estimate of drug-likeness (QED) is 0.752. The van der Waals surface area contributed by atoms with Gasteiger partial charge in [-0.15, -0.1) is 0 Å². The summed E-state index contributed by atoms with van der Waals surface area (Å²) in [5, 5.41) is 3.01. The largest absolute Gasteiger partial charge is 0.369 e. The second-order valence-electron chi connectivity index (χ2n) is 5.46. The first-order chi connectivity index (χ1) is 11.2. The van der Waals surface area contributed by atoms with Crippen LogP contribution in [0.15, 0.2) is 34.9 Å². The molecule has 1 aromatic heterocycles. The van der Waals surface area contributed by atoms with E-state index in [9.17, 15) is 17.6 Å². The van der Waals surface area contributed by atoms with Gasteiger partial charge in [0.25, 0.3) is 0 Å². The van der Waals surface area contributed by atoms with Gasteiger partial charge in [-0.2, -0.15) is 0 Å². The molecular weight excluding hydrogens is 401 g/mol. The number of benzene rings is 1. The van der Waals surface area contributed by atoms with Gasteiger partial charge in [0.05, 0.1) is 17.7 Å². The third-order valence-electron chi connectivity index (χ3n) is 3.58. The zero-order valence-corrected chi connectivity index (χ0v) is 14.9. The monoisotopic (exact) mass is 413 g/mol. The Labute approximate surface area is 146 Å². The number of nitrogens with zero attached hydrogens (tertiary/aromatic N) is 1. The first-order valence-corrected chi connectivity index (χ1v) is 9.64. The van der Waals surface area contributed by atoms with Gasteiger partial charge in [0.15, 0.2) is 5.78 Å². The molecule has 3 rings (SSSR count). The van der Waals surface area contributed by atoms with E-state index in [0.717, 1.165) is 16.8 Å². The lowest BCUT2D eigenvalue weighted by Gasteiger charge is -2.12. The van der Waals surface area contributed by atoms with Crippen LogP contribution in [0.1, 0.15) is 21.8 Å². The van der Waals surface area contributed by atoms with Crippen molar-refractivity contribution in [2.24, 2.45) is 0 Å². The number of carbonyl (C=O) groups is 1. The molecule has 0 aliphatic carbocycles. The number of hydrogen-bond donors (Lipinski definition) is 2. The highest BCUT2D eigenvalue weighted by atomic mass is 79.9. The van der Waals surface area contributed by atoms with Gasteiger partial charge < -0.3 is 5.32 Å². The van der Waals surface area contributed by atoms with Gasteiger partial charge in [-0.25, -0.2) is 17.8 Å². The summed E-state index contributed by atoms with van der Waals surface area (Å²) in [5.41, 5.74) is 0.652. The normalized spacial score (nSPS) is 16.4. The molecule has 0 fully saturated rings. The van der Waals surface area contributed by atoms with Crippen molar-refractivity contribution >= 4 is 43.2 Å². The number of halogens is 2. The number of anilines is 2. The summed E-state index contributed by atoms with van der Waals surface area (Å²) in [6.07, 6.45) is 2.59. The van der Waals surface area contributed by atoms with Gasteiger partial charge in [-0.1, -0.05) is 0 Å². The van der Waals surface area contributed by atoms with Gasteiger partial charge in [-0.05, 0) is 40.2 Å². The average Bonchev–Trinajstić information content (AvgIpc) is 2.90. The van der Waals surface area contributed by atoms with Crippen molar-refractivity contribution in [3.8, 4) is 0 Å². The Hall–Kier alpha value is -2.00. The van der Waals surface area contributed by atoms with E-state index in [1.165, 1.54) is 12.1 Å². The first-order valence-electron chi connectivity index (χ1n) is 6.95.